The summed E-state index contributed by atoms with van der Waals surface area (Å²) < 4.78 is 4.88. The highest BCUT2D eigenvalue weighted by Gasteiger charge is 2.41. The van der Waals surface area contributed by atoms with Crippen LogP contribution in [0.3, 0.4) is 0 Å². The summed E-state index contributed by atoms with van der Waals surface area (Å²) in [5.41, 5.74) is -1.36. The standard InChI is InChI=1S/C14H18ClN3O5/c1-2-23-13(19)14(20)5-3-9(4-6-14)17-10-7-12(15)16-8-11(10)18(21)22/h7-9,20H,2-6H2,1H3,(H,16,17). The third-order valence-corrected chi connectivity index (χ3v) is 4.08. The summed E-state index contributed by atoms with van der Waals surface area (Å²) in [7, 11) is 0. The number of hydrogen-bond donors (Lipinski definition) is 2. The monoisotopic (exact) mass is 343 g/mol. The predicted molar refractivity (Wildman–Crippen MR) is 83.4 cm³/mol. The molecular formula is C14H18ClN3O5. The van der Waals surface area contributed by atoms with Crippen LogP contribution >= 0.6 is 11.6 Å². The first-order valence-corrected chi connectivity index (χ1v) is 7.69. The molecule has 1 aromatic rings. The summed E-state index contributed by atoms with van der Waals surface area (Å²) in [5.74, 6) is -0.614. The van der Waals surface area contributed by atoms with Crippen molar-refractivity contribution < 1.29 is 19.6 Å². The van der Waals surface area contributed by atoms with Gasteiger partial charge in [0.2, 0.25) is 0 Å². The van der Waals surface area contributed by atoms with E-state index < -0.39 is 16.5 Å². The number of halogens is 1. The summed E-state index contributed by atoms with van der Waals surface area (Å²) in [6.45, 7) is 1.89. The van der Waals surface area contributed by atoms with E-state index in [9.17, 15) is 20.0 Å². The molecule has 2 rings (SSSR count). The number of rotatable bonds is 5. The fourth-order valence-electron chi connectivity index (χ4n) is 2.61. The molecule has 2 N–H and O–H groups in total. The minimum atomic E-state index is -1.48. The minimum absolute atomic E-state index is 0.109. The fraction of sp³-hybridized carbons (Fsp3) is 0.571. The molecule has 1 heterocycles. The lowest BCUT2D eigenvalue weighted by atomic mass is 9.82. The molecule has 9 heteroatoms. The van der Waals surface area contributed by atoms with Crippen LogP contribution in [0.4, 0.5) is 11.4 Å². The Balaban J connectivity index is 2.03. The number of nitro groups is 1. The fourth-order valence-corrected chi connectivity index (χ4v) is 2.77. The summed E-state index contributed by atoms with van der Waals surface area (Å²) in [5, 5.41) is 24.5. The molecule has 0 aromatic carbocycles. The quantitative estimate of drug-likeness (QED) is 0.365. The Morgan fingerprint density at radius 3 is 2.83 bits per heavy atom. The van der Waals surface area contributed by atoms with Crippen LogP contribution in [0.5, 0.6) is 0 Å². The van der Waals surface area contributed by atoms with E-state index in [0.29, 0.717) is 12.8 Å². The van der Waals surface area contributed by atoms with Crippen molar-refractivity contribution in [3.05, 3.63) is 27.5 Å². The van der Waals surface area contributed by atoms with Gasteiger partial charge in [-0.15, -0.1) is 0 Å². The molecule has 0 spiro atoms. The molecule has 1 aliphatic carbocycles. The molecule has 0 aliphatic heterocycles. The lowest BCUT2D eigenvalue weighted by molar-refractivity contribution is -0.384. The number of nitrogens with one attached hydrogen (secondary N) is 1. The zero-order valence-corrected chi connectivity index (χ0v) is 13.4. The maximum absolute atomic E-state index is 11.8. The van der Waals surface area contributed by atoms with E-state index in [4.69, 9.17) is 16.3 Å². The van der Waals surface area contributed by atoms with E-state index in [-0.39, 0.29) is 42.0 Å². The molecule has 1 aliphatic rings. The lowest BCUT2D eigenvalue weighted by Crippen LogP contribution is -2.45. The Hall–Kier alpha value is -1.93. The Morgan fingerprint density at radius 2 is 2.26 bits per heavy atom. The molecule has 1 fully saturated rings. The smallest absolute Gasteiger partial charge is 0.338 e. The third kappa shape index (κ3) is 4.08. The van der Waals surface area contributed by atoms with E-state index in [1.54, 1.807) is 6.92 Å². The van der Waals surface area contributed by atoms with Crippen molar-refractivity contribution in [1.29, 1.82) is 0 Å². The van der Waals surface area contributed by atoms with Gasteiger partial charge in [-0.3, -0.25) is 10.1 Å². The van der Waals surface area contributed by atoms with Gasteiger partial charge in [-0.2, -0.15) is 0 Å². The van der Waals surface area contributed by atoms with Gasteiger partial charge in [0.25, 0.3) is 0 Å². The zero-order valence-electron chi connectivity index (χ0n) is 12.6. The first-order chi connectivity index (χ1) is 10.9. The highest BCUT2D eigenvalue weighted by molar-refractivity contribution is 6.29. The molecule has 1 aromatic heterocycles. The lowest BCUT2D eigenvalue weighted by Gasteiger charge is -2.34. The number of hydrogen-bond acceptors (Lipinski definition) is 7. The van der Waals surface area contributed by atoms with Crippen molar-refractivity contribution >= 4 is 28.9 Å². The zero-order chi connectivity index (χ0) is 17.0. The third-order valence-electron chi connectivity index (χ3n) is 3.87. The molecule has 0 atom stereocenters. The molecular weight excluding hydrogens is 326 g/mol. The average molecular weight is 344 g/mol. The summed E-state index contributed by atoms with van der Waals surface area (Å²) in [6, 6.07) is 1.29. The maximum Gasteiger partial charge on any atom is 0.338 e. The predicted octanol–water partition coefficient (Wildman–Crippen LogP) is 2.29. The first kappa shape index (κ1) is 17.4. The van der Waals surface area contributed by atoms with Crippen LogP contribution in [0, 0.1) is 10.1 Å². The van der Waals surface area contributed by atoms with Crippen LogP contribution in [-0.2, 0) is 9.53 Å². The van der Waals surface area contributed by atoms with E-state index in [1.165, 1.54) is 6.07 Å². The summed E-state index contributed by atoms with van der Waals surface area (Å²) in [6.07, 6.45) is 2.52. The highest BCUT2D eigenvalue weighted by Crippen LogP contribution is 2.33. The minimum Gasteiger partial charge on any atom is -0.464 e. The number of aromatic nitrogens is 1. The van der Waals surface area contributed by atoms with Gasteiger partial charge in [-0.05, 0) is 32.6 Å². The Bertz CT molecular complexity index is 602. The largest absolute Gasteiger partial charge is 0.464 e. The number of carbonyl (C=O) groups excluding carboxylic acids is 1. The Kier molecular flexibility index (Phi) is 5.38. The second kappa shape index (κ2) is 7.10. The number of ether oxygens (including phenoxy) is 1. The van der Waals surface area contributed by atoms with Gasteiger partial charge in [-0.25, -0.2) is 9.78 Å². The highest BCUT2D eigenvalue weighted by atomic mass is 35.5. The van der Waals surface area contributed by atoms with Crippen molar-refractivity contribution in [3.8, 4) is 0 Å². The van der Waals surface area contributed by atoms with Crippen molar-refractivity contribution in [2.24, 2.45) is 0 Å². The van der Waals surface area contributed by atoms with E-state index in [2.05, 4.69) is 10.3 Å². The van der Waals surface area contributed by atoms with Crippen LogP contribution in [0.1, 0.15) is 32.6 Å². The van der Waals surface area contributed by atoms with Crippen LogP contribution in [0.2, 0.25) is 5.15 Å². The Labute approximate surface area is 138 Å². The molecule has 8 nitrogen and oxygen atoms in total. The van der Waals surface area contributed by atoms with E-state index in [1.807, 2.05) is 0 Å². The number of nitrogens with zero attached hydrogens (tertiary/aromatic N) is 2. The van der Waals surface area contributed by atoms with Crippen molar-refractivity contribution in [3.63, 3.8) is 0 Å². The first-order valence-electron chi connectivity index (χ1n) is 7.32. The van der Waals surface area contributed by atoms with Crippen LogP contribution in [0.15, 0.2) is 12.3 Å². The van der Waals surface area contributed by atoms with Gasteiger partial charge in [0.15, 0.2) is 5.60 Å². The summed E-state index contributed by atoms with van der Waals surface area (Å²) in [4.78, 5) is 26.0. The van der Waals surface area contributed by atoms with Crippen molar-refractivity contribution in [2.45, 2.75) is 44.2 Å². The van der Waals surface area contributed by atoms with Gasteiger partial charge in [0.1, 0.15) is 17.0 Å². The normalized spacial score (nSPS) is 24.0. The number of carbonyl (C=O) groups is 1. The molecule has 0 saturated heterocycles. The van der Waals surface area contributed by atoms with Gasteiger partial charge >= 0.3 is 11.7 Å². The second-order valence-corrected chi connectivity index (χ2v) is 5.84. The average Bonchev–Trinajstić information content (AvgIpc) is 2.50. The van der Waals surface area contributed by atoms with Crippen LogP contribution in [-0.4, -0.2) is 39.2 Å². The molecule has 0 radical (unpaired) electrons. The number of anilines is 1. The van der Waals surface area contributed by atoms with Crippen LogP contribution in [0.25, 0.3) is 0 Å². The van der Waals surface area contributed by atoms with E-state index >= 15 is 0 Å². The van der Waals surface area contributed by atoms with Gasteiger partial charge in [0.05, 0.1) is 11.5 Å². The maximum atomic E-state index is 11.8. The number of esters is 1. The molecule has 126 valence electrons. The van der Waals surface area contributed by atoms with Crippen LogP contribution < -0.4 is 5.32 Å². The van der Waals surface area contributed by atoms with Gasteiger partial charge < -0.3 is 15.2 Å². The van der Waals surface area contributed by atoms with Gasteiger partial charge in [0, 0.05) is 12.1 Å². The van der Waals surface area contributed by atoms with Crippen molar-refractivity contribution in [2.75, 3.05) is 11.9 Å². The molecule has 23 heavy (non-hydrogen) atoms. The number of pyridine rings is 1. The van der Waals surface area contributed by atoms with Crippen molar-refractivity contribution in [1.82, 2.24) is 4.98 Å². The second-order valence-electron chi connectivity index (χ2n) is 5.45. The SMILES string of the molecule is CCOC(=O)C1(O)CCC(Nc2cc(Cl)ncc2[N+](=O)[O-])CC1. The molecule has 0 bridgehead atoms. The topological polar surface area (TPSA) is 115 Å². The van der Waals surface area contributed by atoms with E-state index in [0.717, 1.165) is 6.20 Å². The Morgan fingerprint density at radius 1 is 1.61 bits per heavy atom. The summed E-state index contributed by atoms with van der Waals surface area (Å²) >= 11 is 5.79. The molecule has 0 unspecified atom stereocenters. The number of aliphatic hydroxyl groups is 1. The van der Waals surface area contributed by atoms with Gasteiger partial charge in [-0.1, -0.05) is 11.6 Å². The molecule has 0 amide bonds. The molecule has 1 saturated carbocycles.